The first-order valence-electron chi connectivity index (χ1n) is 3.06. The maximum Gasteiger partial charge on any atom is 0.242 e. The SMILES string of the molecule is Cc1nn(C)c(Cl)c1S(N)(=O)=O. The number of nitrogens with two attached hydrogens (primary N) is 1. The zero-order chi connectivity index (χ0) is 9.52. The van der Waals surface area contributed by atoms with Gasteiger partial charge in [0, 0.05) is 7.05 Å². The van der Waals surface area contributed by atoms with Crippen molar-refractivity contribution in [2.24, 2.45) is 12.2 Å². The largest absolute Gasteiger partial charge is 0.255 e. The average molecular weight is 210 g/mol. The molecule has 1 heterocycles. The first-order valence-corrected chi connectivity index (χ1v) is 4.98. The molecule has 5 nitrogen and oxygen atoms in total. The van der Waals surface area contributed by atoms with Gasteiger partial charge in [0.05, 0.1) is 5.69 Å². The summed E-state index contributed by atoms with van der Waals surface area (Å²) in [6, 6.07) is 0. The molecule has 0 unspecified atom stereocenters. The number of sulfonamides is 1. The van der Waals surface area contributed by atoms with Crippen LogP contribution in [0.1, 0.15) is 5.69 Å². The molecule has 0 aromatic carbocycles. The van der Waals surface area contributed by atoms with Crippen molar-refractivity contribution in [1.29, 1.82) is 0 Å². The van der Waals surface area contributed by atoms with Crippen molar-refractivity contribution < 1.29 is 8.42 Å². The number of hydrogen-bond acceptors (Lipinski definition) is 3. The number of aryl methyl sites for hydroxylation is 2. The molecule has 0 fully saturated rings. The Labute approximate surface area is 75.2 Å². The van der Waals surface area contributed by atoms with Gasteiger partial charge in [0.25, 0.3) is 0 Å². The minimum absolute atomic E-state index is 0.0370. The fourth-order valence-electron chi connectivity index (χ4n) is 0.934. The molecule has 12 heavy (non-hydrogen) atoms. The highest BCUT2D eigenvalue weighted by Gasteiger charge is 2.20. The van der Waals surface area contributed by atoms with E-state index in [0.717, 1.165) is 0 Å². The lowest BCUT2D eigenvalue weighted by Gasteiger charge is -1.94. The Bertz CT molecular complexity index is 409. The van der Waals surface area contributed by atoms with Crippen LogP contribution in [0.15, 0.2) is 4.90 Å². The lowest BCUT2D eigenvalue weighted by molar-refractivity contribution is 0.597. The van der Waals surface area contributed by atoms with Gasteiger partial charge in [-0.05, 0) is 6.92 Å². The molecule has 0 aliphatic heterocycles. The Morgan fingerprint density at radius 3 is 2.25 bits per heavy atom. The van der Waals surface area contributed by atoms with E-state index in [9.17, 15) is 8.42 Å². The molecule has 0 spiro atoms. The van der Waals surface area contributed by atoms with Crippen LogP contribution in [0.5, 0.6) is 0 Å². The average Bonchev–Trinajstić information content (AvgIpc) is 2.05. The van der Waals surface area contributed by atoms with Crippen LogP contribution in [-0.4, -0.2) is 18.2 Å². The quantitative estimate of drug-likeness (QED) is 0.709. The Kier molecular flexibility index (Phi) is 2.15. The molecule has 0 atom stereocenters. The highest BCUT2D eigenvalue weighted by atomic mass is 35.5. The van der Waals surface area contributed by atoms with Gasteiger partial charge in [-0.3, -0.25) is 4.68 Å². The smallest absolute Gasteiger partial charge is 0.242 e. The summed E-state index contributed by atoms with van der Waals surface area (Å²) < 4.78 is 23.1. The molecule has 68 valence electrons. The van der Waals surface area contributed by atoms with E-state index in [1.165, 1.54) is 11.6 Å². The number of halogens is 1. The minimum atomic E-state index is -3.76. The number of primary sulfonamides is 1. The third-order valence-electron chi connectivity index (χ3n) is 1.38. The van der Waals surface area contributed by atoms with E-state index in [-0.39, 0.29) is 10.0 Å². The highest BCUT2D eigenvalue weighted by molar-refractivity contribution is 7.89. The van der Waals surface area contributed by atoms with Gasteiger partial charge in [0.2, 0.25) is 10.0 Å². The molecule has 1 rings (SSSR count). The molecular weight excluding hydrogens is 202 g/mol. The van der Waals surface area contributed by atoms with Crippen molar-refractivity contribution in [3.63, 3.8) is 0 Å². The Morgan fingerprint density at radius 1 is 1.58 bits per heavy atom. The molecule has 0 saturated heterocycles. The number of rotatable bonds is 1. The summed E-state index contributed by atoms with van der Waals surface area (Å²) in [7, 11) is -2.21. The molecule has 2 N–H and O–H groups in total. The lowest BCUT2D eigenvalue weighted by atomic mass is 10.5. The second kappa shape index (κ2) is 2.72. The minimum Gasteiger partial charge on any atom is -0.255 e. The van der Waals surface area contributed by atoms with Crippen molar-refractivity contribution in [2.45, 2.75) is 11.8 Å². The molecule has 0 saturated carbocycles. The lowest BCUT2D eigenvalue weighted by Crippen LogP contribution is -2.13. The van der Waals surface area contributed by atoms with E-state index in [4.69, 9.17) is 16.7 Å². The van der Waals surface area contributed by atoms with E-state index in [2.05, 4.69) is 5.10 Å². The van der Waals surface area contributed by atoms with E-state index in [1.54, 1.807) is 7.05 Å². The molecule has 7 heteroatoms. The normalized spacial score (nSPS) is 12.0. The van der Waals surface area contributed by atoms with Gasteiger partial charge in [-0.2, -0.15) is 5.10 Å². The molecule has 0 aliphatic carbocycles. The van der Waals surface area contributed by atoms with Crippen LogP contribution in [0.25, 0.3) is 0 Å². The van der Waals surface area contributed by atoms with Crippen molar-refractivity contribution in [3.05, 3.63) is 10.8 Å². The van der Waals surface area contributed by atoms with Gasteiger partial charge in [0.1, 0.15) is 10.0 Å². The molecule has 0 radical (unpaired) electrons. The van der Waals surface area contributed by atoms with Crippen molar-refractivity contribution >= 4 is 21.6 Å². The van der Waals surface area contributed by atoms with Gasteiger partial charge in [0.15, 0.2) is 0 Å². The third kappa shape index (κ3) is 1.45. The summed E-state index contributed by atoms with van der Waals surface area (Å²) in [6.45, 7) is 1.53. The van der Waals surface area contributed by atoms with Gasteiger partial charge < -0.3 is 0 Å². The van der Waals surface area contributed by atoms with E-state index < -0.39 is 10.0 Å². The second-order valence-electron chi connectivity index (χ2n) is 2.37. The van der Waals surface area contributed by atoms with Gasteiger partial charge >= 0.3 is 0 Å². The van der Waals surface area contributed by atoms with E-state index in [0.29, 0.717) is 5.69 Å². The Morgan fingerprint density at radius 2 is 2.08 bits per heavy atom. The zero-order valence-corrected chi connectivity index (χ0v) is 8.15. The molecule has 1 aromatic heterocycles. The molecular formula is C5H8ClN3O2S. The summed E-state index contributed by atoms with van der Waals surface area (Å²) in [5, 5.41) is 8.75. The summed E-state index contributed by atoms with van der Waals surface area (Å²) in [4.78, 5) is -0.105. The summed E-state index contributed by atoms with van der Waals surface area (Å²) >= 11 is 5.64. The predicted octanol–water partition coefficient (Wildman–Crippen LogP) is 0.0293. The topological polar surface area (TPSA) is 78.0 Å². The van der Waals surface area contributed by atoms with Crippen molar-refractivity contribution in [3.8, 4) is 0 Å². The van der Waals surface area contributed by atoms with Crippen LogP contribution in [0.4, 0.5) is 0 Å². The van der Waals surface area contributed by atoms with Crippen LogP contribution in [0.3, 0.4) is 0 Å². The number of nitrogens with zero attached hydrogens (tertiary/aromatic N) is 2. The van der Waals surface area contributed by atoms with Crippen LogP contribution >= 0.6 is 11.6 Å². The van der Waals surface area contributed by atoms with Gasteiger partial charge in [-0.25, -0.2) is 13.6 Å². The fourth-order valence-corrected chi connectivity index (χ4v) is 2.25. The van der Waals surface area contributed by atoms with Gasteiger partial charge in [-0.15, -0.1) is 0 Å². The maximum atomic E-state index is 10.9. The summed E-state index contributed by atoms with van der Waals surface area (Å²) in [5.41, 5.74) is 0.310. The Balaban J connectivity index is 3.54. The first-order chi connectivity index (χ1) is 5.34. The number of aromatic nitrogens is 2. The summed E-state index contributed by atoms with van der Waals surface area (Å²) in [5.74, 6) is 0. The van der Waals surface area contributed by atoms with Crippen LogP contribution in [0.2, 0.25) is 5.15 Å². The van der Waals surface area contributed by atoms with Crippen molar-refractivity contribution in [1.82, 2.24) is 9.78 Å². The Hall–Kier alpha value is -0.590. The summed E-state index contributed by atoms with van der Waals surface area (Å²) in [6.07, 6.45) is 0. The molecule has 0 aliphatic rings. The van der Waals surface area contributed by atoms with E-state index >= 15 is 0 Å². The molecule has 0 bridgehead atoms. The molecule has 0 amide bonds. The van der Waals surface area contributed by atoms with Crippen molar-refractivity contribution in [2.75, 3.05) is 0 Å². The van der Waals surface area contributed by atoms with Gasteiger partial charge in [-0.1, -0.05) is 11.6 Å². The van der Waals surface area contributed by atoms with E-state index in [1.807, 2.05) is 0 Å². The highest BCUT2D eigenvalue weighted by Crippen LogP contribution is 2.22. The van der Waals surface area contributed by atoms with Crippen LogP contribution in [-0.2, 0) is 17.1 Å². The van der Waals surface area contributed by atoms with Crippen LogP contribution in [0, 0.1) is 6.92 Å². The second-order valence-corrected chi connectivity index (χ2v) is 4.23. The van der Waals surface area contributed by atoms with Crippen LogP contribution < -0.4 is 5.14 Å². The molecule has 1 aromatic rings. The third-order valence-corrected chi connectivity index (χ3v) is 2.99. The zero-order valence-electron chi connectivity index (χ0n) is 6.57. The maximum absolute atomic E-state index is 10.9. The predicted molar refractivity (Wildman–Crippen MR) is 44.3 cm³/mol. The standard InChI is InChI=1S/C5H8ClN3O2S/c1-3-4(12(7,10)11)5(6)9(2)8-3/h1-2H3,(H2,7,10,11). The first kappa shape index (κ1) is 9.50. The fraction of sp³-hybridized carbons (Fsp3) is 0.400. The monoisotopic (exact) mass is 209 g/mol. The number of hydrogen-bond donors (Lipinski definition) is 1.